The molecule has 0 unspecified atom stereocenters. The van der Waals surface area contributed by atoms with E-state index in [1.165, 1.54) is 0 Å². The molecule has 0 heterocycles. The lowest BCUT2D eigenvalue weighted by molar-refractivity contribution is -0.136. The molecule has 8 heteroatoms. The minimum absolute atomic E-state index is 0.112. The summed E-state index contributed by atoms with van der Waals surface area (Å²) in [6.45, 7) is 8.55. The van der Waals surface area contributed by atoms with Crippen LogP contribution in [0.3, 0.4) is 0 Å². The van der Waals surface area contributed by atoms with Crippen molar-refractivity contribution in [2.45, 2.75) is 33.6 Å². The van der Waals surface area contributed by atoms with E-state index in [1.54, 1.807) is 47.1 Å². The molecule has 4 aromatic carbocycles. The zero-order valence-corrected chi connectivity index (χ0v) is 25.2. The van der Waals surface area contributed by atoms with Gasteiger partial charge in [-0.05, 0) is 66.8 Å². The van der Waals surface area contributed by atoms with Crippen LogP contribution in [-0.2, 0) is 11.2 Å². The van der Waals surface area contributed by atoms with E-state index in [0.717, 1.165) is 39.0 Å². The highest BCUT2D eigenvalue weighted by molar-refractivity contribution is 6.22. The fourth-order valence-electron chi connectivity index (χ4n) is 5.14. The zero-order chi connectivity index (χ0) is 31.8. The van der Waals surface area contributed by atoms with E-state index in [2.05, 4.69) is 6.58 Å². The van der Waals surface area contributed by atoms with Gasteiger partial charge in [-0.1, -0.05) is 61.2 Å². The Hall–Kier alpha value is -5.11. The van der Waals surface area contributed by atoms with Crippen molar-refractivity contribution >= 4 is 33.7 Å². The number of carbonyl (C=O) groups is 1. The Balaban J connectivity index is 0.000000250. The molecule has 7 nitrogen and oxygen atoms in total. The summed E-state index contributed by atoms with van der Waals surface area (Å²) in [6, 6.07) is 21.1. The fourth-order valence-corrected chi connectivity index (χ4v) is 5.14. The molecule has 0 bridgehead atoms. The van der Waals surface area contributed by atoms with Crippen LogP contribution in [0.5, 0.6) is 11.5 Å². The minimum Gasteiger partial charge on any atom is -0.496 e. The molecule has 0 aliphatic heterocycles. The maximum Gasteiger partial charge on any atom is 0.303 e. The molecule has 224 valence electrons. The van der Waals surface area contributed by atoms with Gasteiger partial charge in [0.25, 0.3) is 0 Å². The number of aryl methyl sites for hydroxylation is 2. The van der Waals surface area contributed by atoms with E-state index in [-0.39, 0.29) is 29.0 Å². The van der Waals surface area contributed by atoms with Gasteiger partial charge in [0.15, 0.2) is 0 Å². The Labute approximate surface area is 251 Å². The highest BCUT2D eigenvalue weighted by Gasteiger charge is 2.18. The summed E-state index contributed by atoms with van der Waals surface area (Å²) < 4.78 is 25.5. The van der Waals surface area contributed by atoms with Crippen LogP contribution in [0.4, 0.5) is 4.39 Å². The Bertz CT molecular complexity index is 1700. The van der Waals surface area contributed by atoms with Gasteiger partial charge >= 0.3 is 5.97 Å². The lowest BCUT2D eigenvalue weighted by Gasteiger charge is -2.16. The number of methoxy groups -OCH3 is 2. The van der Waals surface area contributed by atoms with Gasteiger partial charge < -0.3 is 31.5 Å². The molecule has 0 aromatic heterocycles. The molecule has 43 heavy (non-hydrogen) atoms. The van der Waals surface area contributed by atoms with Crippen LogP contribution in [0.2, 0.25) is 0 Å². The molecular weight excluding hydrogens is 545 g/mol. The van der Waals surface area contributed by atoms with Gasteiger partial charge in [0.2, 0.25) is 0 Å². The first-order valence-electron chi connectivity index (χ1n) is 13.6. The number of hydrogen-bond acceptors (Lipinski definition) is 6. The number of halogens is 1. The lowest BCUT2D eigenvalue weighted by atomic mass is 9.93. The molecule has 0 aliphatic rings. The highest BCUT2D eigenvalue weighted by atomic mass is 19.1. The second-order valence-electron chi connectivity index (χ2n) is 10.1. The van der Waals surface area contributed by atoms with E-state index in [0.29, 0.717) is 23.3 Å². The van der Waals surface area contributed by atoms with E-state index < -0.39 is 11.8 Å². The third-order valence-electron chi connectivity index (χ3n) is 7.03. The van der Waals surface area contributed by atoms with E-state index in [4.69, 9.17) is 31.5 Å². The maximum absolute atomic E-state index is 14.4. The van der Waals surface area contributed by atoms with Crippen molar-refractivity contribution < 1.29 is 23.8 Å². The largest absolute Gasteiger partial charge is 0.496 e. The zero-order valence-electron chi connectivity index (χ0n) is 25.2. The van der Waals surface area contributed by atoms with Crippen molar-refractivity contribution in [2.24, 2.45) is 11.5 Å². The first-order chi connectivity index (χ1) is 20.4. The number of ether oxygens (including phenoxy) is 2. The predicted molar refractivity (Wildman–Crippen MR) is 173 cm³/mol. The number of rotatable bonds is 9. The Morgan fingerprint density at radius 2 is 1.51 bits per heavy atom. The second kappa shape index (κ2) is 14.2. The van der Waals surface area contributed by atoms with Crippen LogP contribution in [0.25, 0.3) is 33.2 Å². The van der Waals surface area contributed by atoms with Gasteiger partial charge in [-0.3, -0.25) is 4.79 Å². The third-order valence-corrected chi connectivity index (χ3v) is 7.03. The van der Waals surface area contributed by atoms with Crippen molar-refractivity contribution in [1.82, 2.24) is 0 Å². The molecule has 0 spiro atoms. The standard InChI is InChI=1S/C21H20O4.C14H18FN3/c1-24-18-10-5-11-19(25-2)21(18)17-9-4-7-15-14(12-13-20(22)23)6-3-8-16(15)17;1-7-5-6-11(13(9(3)17)10(4)18)14(15)12(7)8(2)16/h3-11H,12-13H2,1-2H3,(H,22,23);5-6,17H,2,16,18H2,1,3-4H3/b;13-10+,17-9?. The van der Waals surface area contributed by atoms with Gasteiger partial charge in [-0.25, -0.2) is 4.39 Å². The smallest absolute Gasteiger partial charge is 0.303 e. The Morgan fingerprint density at radius 1 is 0.930 bits per heavy atom. The maximum atomic E-state index is 14.4. The third kappa shape index (κ3) is 7.22. The SMILES string of the molecule is C=C(N)c1c(C)ccc(/C(C(C)=N)=C(\C)N)c1F.COc1cccc(OC)c1-c1cccc2c(CCC(=O)O)cccc12. The number of aliphatic carboxylic acids is 1. The first-order valence-corrected chi connectivity index (χ1v) is 13.6. The molecule has 0 amide bonds. The number of fused-ring (bicyclic) bond motifs is 1. The fraction of sp³-hybridized carbons (Fsp3) is 0.200. The molecule has 0 aliphatic carbocycles. The van der Waals surface area contributed by atoms with Crippen molar-refractivity contribution in [3.05, 3.63) is 107 Å². The second-order valence-corrected chi connectivity index (χ2v) is 10.1. The number of hydrogen-bond donors (Lipinski definition) is 4. The quantitative estimate of drug-likeness (QED) is 0.153. The number of carboxylic acid groups (broad SMARTS) is 1. The molecule has 0 saturated heterocycles. The van der Waals surface area contributed by atoms with Crippen LogP contribution in [0.1, 0.15) is 42.5 Å². The van der Waals surface area contributed by atoms with Crippen molar-refractivity contribution in [1.29, 1.82) is 5.41 Å². The molecule has 0 radical (unpaired) electrons. The summed E-state index contributed by atoms with van der Waals surface area (Å²) in [5.41, 5.74) is 16.7. The predicted octanol–water partition coefficient (Wildman–Crippen LogP) is 7.33. The number of nitrogens with one attached hydrogen (secondary N) is 1. The molecular formula is C35H38FN3O4. The van der Waals surface area contributed by atoms with Crippen LogP contribution in [0.15, 0.2) is 79.0 Å². The molecule has 4 rings (SSSR count). The van der Waals surface area contributed by atoms with Gasteiger partial charge in [-0.15, -0.1) is 0 Å². The van der Waals surface area contributed by atoms with Gasteiger partial charge in [0, 0.05) is 40.2 Å². The first kappa shape index (κ1) is 32.4. The van der Waals surface area contributed by atoms with Gasteiger partial charge in [-0.2, -0.15) is 0 Å². The van der Waals surface area contributed by atoms with Crippen LogP contribution < -0.4 is 20.9 Å². The molecule has 4 aromatic rings. The monoisotopic (exact) mass is 583 g/mol. The normalized spacial score (nSPS) is 11.2. The lowest BCUT2D eigenvalue weighted by Crippen LogP contribution is -2.09. The summed E-state index contributed by atoms with van der Waals surface area (Å²) in [5, 5.41) is 18.8. The number of nitrogens with two attached hydrogens (primary N) is 2. The summed E-state index contributed by atoms with van der Waals surface area (Å²) >= 11 is 0. The van der Waals surface area contributed by atoms with E-state index in [1.807, 2.05) is 54.6 Å². The molecule has 0 saturated carbocycles. The van der Waals surface area contributed by atoms with Crippen LogP contribution in [0, 0.1) is 18.2 Å². The number of carboxylic acids is 1. The highest BCUT2D eigenvalue weighted by Crippen LogP contribution is 2.42. The Morgan fingerprint density at radius 3 is 2.05 bits per heavy atom. The Kier molecular flexibility index (Phi) is 10.7. The topological polar surface area (TPSA) is 132 Å². The minimum atomic E-state index is -0.792. The van der Waals surface area contributed by atoms with Crippen molar-refractivity contribution in [3.63, 3.8) is 0 Å². The average Bonchev–Trinajstić information content (AvgIpc) is 2.96. The van der Waals surface area contributed by atoms with Gasteiger partial charge in [0.05, 0.1) is 19.8 Å². The summed E-state index contributed by atoms with van der Waals surface area (Å²) in [5.74, 6) is 0.207. The van der Waals surface area contributed by atoms with Crippen LogP contribution >= 0.6 is 0 Å². The van der Waals surface area contributed by atoms with E-state index >= 15 is 0 Å². The van der Waals surface area contributed by atoms with Crippen molar-refractivity contribution in [3.8, 4) is 22.6 Å². The van der Waals surface area contributed by atoms with Crippen LogP contribution in [-0.4, -0.2) is 31.0 Å². The van der Waals surface area contributed by atoms with E-state index in [9.17, 15) is 9.18 Å². The number of allylic oxidation sites excluding steroid dienone is 2. The van der Waals surface area contributed by atoms with Crippen molar-refractivity contribution in [2.75, 3.05) is 14.2 Å². The molecule has 0 fully saturated rings. The average molecular weight is 584 g/mol. The molecule has 6 N–H and O–H groups in total. The molecule has 0 atom stereocenters. The number of benzene rings is 4. The summed E-state index contributed by atoms with van der Waals surface area (Å²) in [6.07, 6.45) is 0.612. The summed E-state index contributed by atoms with van der Waals surface area (Å²) in [7, 11) is 3.28. The summed E-state index contributed by atoms with van der Waals surface area (Å²) in [4.78, 5) is 10.9. The van der Waals surface area contributed by atoms with Gasteiger partial charge in [0.1, 0.15) is 17.3 Å².